The van der Waals surface area contributed by atoms with Gasteiger partial charge in [0.1, 0.15) is 5.75 Å². The molecule has 1 aromatic carbocycles. The Kier molecular flexibility index (Phi) is 9.26. The van der Waals surface area contributed by atoms with Crippen LogP contribution in [0.5, 0.6) is 5.75 Å². The third kappa shape index (κ3) is 6.49. The Hall–Kier alpha value is -1.76. The molecule has 4 fully saturated rings. The summed E-state index contributed by atoms with van der Waals surface area (Å²) in [5, 5.41) is 10.4. The number of nitrogens with zero attached hydrogens (tertiary/aromatic N) is 1. The highest BCUT2D eigenvalue weighted by Gasteiger charge is 2.60. The summed E-state index contributed by atoms with van der Waals surface area (Å²) in [5.74, 6) is 4.64. The van der Waals surface area contributed by atoms with Crippen LogP contribution in [-0.4, -0.2) is 41.8 Å². The van der Waals surface area contributed by atoms with Gasteiger partial charge in [0.05, 0.1) is 6.10 Å². The molecule has 5 rings (SSSR count). The number of benzene rings is 1. The van der Waals surface area contributed by atoms with Gasteiger partial charge >= 0.3 is 6.18 Å². The van der Waals surface area contributed by atoms with E-state index >= 15 is 0 Å². The summed E-state index contributed by atoms with van der Waals surface area (Å²) in [6.07, 6.45) is 7.94. The van der Waals surface area contributed by atoms with Gasteiger partial charge in [-0.3, -0.25) is 4.79 Å². The van der Waals surface area contributed by atoms with Gasteiger partial charge in [-0.25, -0.2) is 0 Å². The number of hydrogen-bond donors (Lipinski definition) is 1. The molecule has 43 heavy (non-hydrogen) atoms. The van der Waals surface area contributed by atoms with Crippen LogP contribution >= 0.6 is 0 Å². The normalized spacial score (nSPS) is 36.3. The number of amides is 1. The highest BCUT2D eigenvalue weighted by atomic mass is 19.4. The quantitative estimate of drug-likeness (QED) is 0.323. The van der Waals surface area contributed by atoms with Crippen molar-refractivity contribution in [3.63, 3.8) is 0 Å². The average molecular weight is 606 g/mol. The minimum absolute atomic E-state index is 0.0954. The van der Waals surface area contributed by atoms with Crippen molar-refractivity contribution in [2.75, 3.05) is 13.7 Å². The van der Waals surface area contributed by atoms with E-state index in [4.69, 9.17) is 4.74 Å². The number of carbonyl (C=O) groups excluding carboxylic acids is 1. The van der Waals surface area contributed by atoms with Crippen LogP contribution in [0, 0.1) is 60.2 Å². The van der Waals surface area contributed by atoms with E-state index in [1.54, 1.807) is 18.7 Å². The molecule has 1 amide bonds. The Balaban J connectivity index is 1.15. The first-order valence-corrected chi connectivity index (χ1v) is 16.8. The van der Waals surface area contributed by atoms with Crippen molar-refractivity contribution in [2.24, 2.45) is 46.3 Å². The first-order chi connectivity index (χ1) is 20.1. The SMILES string of the molecule is Cc1cc(CN(C)C(=O)CC[C@@H](C)[C@H]2CC[C@H]3[C@@H]4CC[C@@H]5C[C@H](O)CC[C@]5(C)[C@H]4CC[C@]23C)cc(C)c1OCC(F)(F)F. The second-order valence-electron chi connectivity index (χ2n) is 15.5. The Labute approximate surface area is 257 Å². The molecule has 0 heterocycles. The number of fused-ring (bicyclic) bond motifs is 5. The van der Waals surface area contributed by atoms with Crippen molar-refractivity contribution >= 4 is 5.91 Å². The molecular formula is C36H54F3NO3. The Morgan fingerprint density at radius 2 is 1.67 bits per heavy atom. The summed E-state index contributed by atoms with van der Waals surface area (Å²) >= 11 is 0. The summed E-state index contributed by atoms with van der Waals surface area (Å²) in [5.41, 5.74) is 2.96. The lowest BCUT2D eigenvalue weighted by atomic mass is 9.44. The fourth-order valence-corrected chi connectivity index (χ4v) is 10.8. The fourth-order valence-electron chi connectivity index (χ4n) is 10.8. The van der Waals surface area contributed by atoms with Gasteiger partial charge in [-0.15, -0.1) is 0 Å². The molecule has 0 unspecified atom stereocenters. The lowest BCUT2D eigenvalue weighted by Crippen LogP contribution is -2.54. The topological polar surface area (TPSA) is 49.8 Å². The largest absolute Gasteiger partial charge is 0.484 e. The molecule has 0 radical (unpaired) electrons. The Morgan fingerprint density at radius 3 is 2.35 bits per heavy atom. The molecule has 0 spiro atoms. The zero-order chi connectivity index (χ0) is 31.3. The predicted octanol–water partition coefficient (Wildman–Crippen LogP) is 8.64. The third-order valence-electron chi connectivity index (χ3n) is 13.0. The van der Waals surface area contributed by atoms with E-state index in [0.717, 1.165) is 42.6 Å². The molecule has 4 aliphatic carbocycles. The van der Waals surface area contributed by atoms with Crippen LogP contribution in [0.2, 0.25) is 0 Å². The maximum Gasteiger partial charge on any atom is 0.422 e. The number of hydrogen-bond acceptors (Lipinski definition) is 3. The number of alkyl halides is 3. The van der Waals surface area contributed by atoms with Crippen molar-refractivity contribution in [2.45, 2.75) is 124 Å². The number of carbonyl (C=O) groups is 1. The zero-order valence-electron chi connectivity index (χ0n) is 27.2. The van der Waals surface area contributed by atoms with Gasteiger partial charge in [-0.05, 0) is 141 Å². The standard InChI is InChI=1S/C36H54F3NO3/c1-22(7-12-32(42)40(6)20-25-17-23(2)33(24(3)18-25)43-21-36(37,38)39)29-10-11-30-28-9-8-26-19-27(41)13-15-34(26,4)31(28)14-16-35(29,30)5/h17-18,22,26-31,41H,7-16,19-21H2,1-6H3/t22-,26-,27-,28+,29-,30+,31+,34+,35-/m1/s1. The maximum atomic E-state index is 13.2. The molecule has 0 aromatic heterocycles. The lowest BCUT2D eigenvalue weighted by molar-refractivity contribution is -0.153. The summed E-state index contributed by atoms with van der Waals surface area (Å²) in [6.45, 7) is 10.1. The number of aliphatic hydroxyl groups excluding tert-OH is 1. The van der Waals surface area contributed by atoms with Gasteiger partial charge in [-0.2, -0.15) is 13.2 Å². The molecule has 4 saturated carbocycles. The van der Waals surface area contributed by atoms with Gasteiger partial charge < -0.3 is 14.7 Å². The van der Waals surface area contributed by atoms with Gasteiger partial charge in [-0.1, -0.05) is 32.9 Å². The second-order valence-corrected chi connectivity index (χ2v) is 15.5. The van der Waals surface area contributed by atoms with E-state index in [1.165, 1.54) is 44.9 Å². The minimum Gasteiger partial charge on any atom is -0.484 e. The smallest absolute Gasteiger partial charge is 0.422 e. The van der Waals surface area contributed by atoms with Crippen LogP contribution in [0.15, 0.2) is 12.1 Å². The van der Waals surface area contributed by atoms with Crippen LogP contribution < -0.4 is 4.74 Å². The first kappa shape index (κ1) is 32.6. The molecule has 4 aliphatic rings. The minimum atomic E-state index is -4.38. The van der Waals surface area contributed by atoms with Gasteiger partial charge in [0.15, 0.2) is 6.61 Å². The number of rotatable bonds is 8. The Morgan fingerprint density at radius 1 is 1.02 bits per heavy atom. The molecule has 242 valence electrons. The summed E-state index contributed by atoms with van der Waals surface area (Å²) < 4.78 is 43.0. The summed E-state index contributed by atoms with van der Waals surface area (Å²) in [4.78, 5) is 15.0. The van der Waals surface area contributed by atoms with Crippen LogP contribution in [0.4, 0.5) is 13.2 Å². The molecule has 7 heteroatoms. The molecule has 1 aromatic rings. The van der Waals surface area contributed by atoms with Crippen LogP contribution in [-0.2, 0) is 11.3 Å². The maximum absolute atomic E-state index is 13.2. The highest BCUT2D eigenvalue weighted by molar-refractivity contribution is 5.75. The molecule has 0 aliphatic heterocycles. The number of aryl methyl sites for hydroxylation is 2. The number of aliphatic hydroxyl groups is 1. The van der Waals surface area contributed by atoms with E-state index in [0.29, 0.717) is 52.7 Å². The molecule has 1 N–H and O–H groups in total. The van der Waals surface area contributed by atoms with Gasteiger partial charge in [0.25, 0.3) is 0 Å². The molecule has 9 atom stereocenters. The number of ether oxygens (including phenoxy) is 1. The van der Waals surface area contributed by atoms with Crippen molar-refractivity contribution in [3.05, 3.63) is 28.8 Å². The van der Waals surface area contributed by atoms with Crippen molar-refractivity contribution in [1.82, 2.24) is 4.90 Å². The zero-order valence-corrected chi connectivity index (χ0v) is 27.2. The van der Waals surface area contributed by atoms with Crippen molar-refractivity contribution < 1.29 is 27.8 Å². The third-order valence-corrected chi connectivity index (χ3v) is 13.0. The van der Waals surface area contributed by atoms with Crippen LogP contribution in [0.25, 0.3) is 0 Å². The van der Waals surface area contributed by atoms with E-state index in [-0.39, 0.29) is 17.8 Å². The van der Waals surface area contributed by atoms with Crippen LogP contribution in [0.3, 0.4) is 0 Å². The summed E-state index contributed by atoms with van der Waals surface area (Å²) in [7, 11) is 1.82. The first-order valence-electron chi connectivity index (χ1n) is 16.8. The predicted molar refractivity (Wildman–Crippen MR) is 164 cm³/mol. The second kappa shape index (κ2) is 12.2. The van der Waals surface area contributed by atoms with Gasteiger partial charge in [0.2, 0.25) is 5.91 Å². The monoisotopic (exact) mass is 605 g/mol. The molecule has 0 bridgehead atoms. The molecular weight excluding hydrogens is 551 g/mol. The van der Waals surface area contributed by atoms with Crippen molar-refractivity contribution in [3.8, 4) is 5.75 Å². The van der Waals surface area contributed by atoms with E-state index in [1.807, 2.05) is 19.2 Å². The highest BCUT2D eigenvalue weighted by Crippen LogP contribution is 2.68. The number of halogens is 3. The average Bonchev–Trinajstić information content (AvgIpc) is 3.28. The Bertz CT molecular complexity index is 1150. The van der Waals surface area contributed by atoms with Crippen LogP contribution in [0.1, 0.15) is 108 Å². The molecule has 0 saturated heterocycles. The van der Waals surface area contributed by atoms with Crippen molar-refractivity contribution in [1.29, 1.82) is 0 Å². The molecule has 4 nitrogen and oxygen atoms in total. The summed E-state index contributed by atoms with van der Waals surface area (Å²) in [6, 6.07) is 3.65. The lowest BCUT2D eigenvalue weighted by Gasteiger charge is -2.61. The van der Waals surface area contributed by atoms with E-state index < -0.39 is 12.8 Å². The van der Waals surface area contributed by atoms with E-state index in [2.05, 4.69) is 20.8 Å². The fraction of sp³-hybridized carbons (Fsp3) is 0.806. The van der Waals surface area contributed by atoms with Gasteiger partial charge in [0, 0.05) is 20.0 Å². The van der Waals surface area contributed by atoms with E-state index in [9.17, 15) is 23.1 Å².